The molecule has 1 fully saturated rings. The van der Waals surface area contributed by atoms with Gasteiger partial charge in [0.05, 0.1) is 0 Å². The molecular formula is C12H20N4. The van der Waals surface area contributed by atoms with E-state index >= 15 is 0 Å². The van der Waals surface area contributed by atoms with Crippen LogP contribution < -0.4 is 5.43 Å². The van der Waals surface area contributed by atoms with E-state index in [0.29, 0.717) is 0 Å². The Morgan fingerprint density at radius 1 is 1.25 bits per heavy atom. The van der Waals surface area contributed by atoms with Crippen LogP contribution in [0.5, 0.6) is 0 Å². The van der Waals surface area contributed by atoms with Crippen molar-refractivity contribution in [2.45, 2.75) is 6.42 Å². The number of hydrogen-bond acceptors (Lipinski definition) is 4. The molecule has 1 aliphatic rings. The van der Waals surface area contributed by atoms with Gasteiger partial charge in [0.25, 0.3) is 0 Å². The van der Waals surface area contributed by atoms with E-state index in [0.717, 1.165) is 44.8 Å². The number of rotatable bonds is 4. The van der Waals surface area contributed by atoms with Crippen molar-refractivity contribution >= 4 is 0 Å². The van der Waals surface area contributed by atoms with E-state index in [-0.39, 0.29) is 0 Å². The fraction of sp³-hybridized carbons (Fsp3) is 0.583. The Bertz CT molecular complexity index is 293. The molecule has 1 aromatic rings. The van der Waals surface area contributed by atoms with Crippen LogP contribution in [0.4, 0.5) is 0 Å². The molecule has 1 aromatic heterocycles. The number of likely N-dealkylation sites (N-methyl/N-ethyl adjacent to an activating group) is 1. The van der Waals surface area contributed by atoms with Crippen molar-refractivity contribution in [1.29, 1.82) is 0 Å². The monoisotopic (exact) mass is 220 g/mol. The van der Waals surface area contributed by atoms with Gasteiger partial charge in [0, 0.05) is 51.0 Å². The molecule has 4 heteroatoms. The molecule has 2 rings (SSSR count). The lowest BCUT2D eigenvalue weighted by atomic mass is 10.3. The fourth-order valence-electron chi connectivity index (χ4n) is 1.85. The standard InChI is InChI=1S/C12H20N4/c1-15-8-10-16(11-9-15)14-7-5-12-4-2-3-6-13-12/h2-4,6,14H,5,7-11H2,1H3. The molecule has 0 unspecified atom stereocenters. The van der Waals surface area contributed by atoms with Crippen LogP contribution in [0.2, 0.25) is 0 Å². The fourth-order valence-corrected chi connectivity index (χ4v) is 1.85. The van der Waals surface area contributed by atoms with Gasteiger partial charge < -0.3 is 4.90 Å². The first-order valence-electron chi connectivity index (χ1n) is 5.91. The number of hydrogen-bond donors (Lipinski definition) is 1. The molecular weight excluding hydrogens is 200 g/mol. The average Bonchev–Trinajstić information content (AvgIpc) is 2.33. The molecule has 0 aliphatic carbocycles. The third-order valence-corrected chi connectivity index (χ3v) is 2.95. The number of piperazine rings is 1. The summed E-state index contributed by atoms with van der Waals surface area (Å²) in [6.07, 6.45) is 2.85. The SMILES string of the molecule is CN1CCN(NCCc2ccccn2)CC1. The summed E-state index contributed by atoms with van der Waals surface area (Å²) in [5, 5.41) is 2.31. The molecule has 1 aliphatic heterocycles. The molecule has 0 amide bonds. The Hall–Kier alpha value is -0.970. The van der Waals surface area contributed by atoms with Crippen LogP contribution in [-0.2, 0) is 6.42 Å². The molecule has 0 radical (unpaired) electrons. The average molecular weight is 220 g/mol. The lowest BCUT2D eigenvalue weighted by Crippen LogP contribution is -2.51. The van der Waals surface area contributed by atoms with E-state index in [1.165, 1.54) is 0 Å². The smallest absolute Gasteiger partial charge is 0.0416 e. The summed E-state index contributed by atoms with van der Waals surface area (Å²) in [6.45, 7) is 5.49. The highest BCUT2D eigenvalue weighted by Crippen LogP contribution is 1.97. The predicted octanol–water partition coefficient (Wildman–Crippen LogP) is 0.376. The molecule has 1 N–H and O–H groups in total. The quantitative estimate of drug-likeness (QED) is 0.795. The van der Waals surface area contributed by atoms with Crippen LogP contribution in [0, 0.1) is 0 Å². The molecule has 0 spiro atoms. The minimum absolute atomic E-state index is 0.973. The van der Waals surface area contributed by atoms with Crippen LogP contribution in [0.3, 0.4) is 0 Å². The zero-order chi connectivity index (χ0) is 11.2. The summed E-state index contributed by atoms with van der Waals surface area (Å²) in [7, 11) is 2.17. The lowest BCUT2D eigenvalue weighted by Gasteiger charge is -2.32. The maximum Gasteiger partial charge on any atom is 0.0416 e. The van der Waals surface area contributed by atoms with Gasteiger partial charge in [0.1, 0.15) is 0 Å². The van der Waals surface area contributed by atoms with Crippen molar-refractivity contribution in [3.8, 4) is 0 Å². The van der Waals surface area contributed by atoms with Gasteiger partial charge in [-0.05, 0) is 19.2 Å². The molecule has 1 saturated heterocycles. The Morgan fingerprint density at radius 2 is 2.06 bits per heavy atom. The number of aromatic nitrogens is 1. The van der Waals surface area contributed by atoms with Crippen LogP contribution in [0.25, 0.3) is 0 Å². The van der Waals surface area contributed by atoms with E-state index < -0.39 is 0 Å². The highest BCUT2D eigenvalue weighted by molar-refractivity contribution is 5.03. The van der Waals surface area contributed by atoms with Gasteiger partial charge in [-0.15, -0.1) is 0 Å². The summed E-state index contributed by atoms with van der Waals surface area (Å²) in [6, 6.07) is 6.07. The molecule has 0 atom stereocenters. The van der Waals surface area contributed by atoms with Crippen molar-refractivity contribution in [3.05, 3.63) is 30.1 Å². The molecule has 16 heavy (non-hydrogen) atoms. The van der Waals surface area contributed by atoms with Crippen LogP contribution in [0.1, 0.15) is 5.69 Å². The van der Waals surface area contributed by atoms with Crippen LogP contribution in [-0.4, -0.2) is 54.7 Å². The molecule has 0 bridgehead atoms. The zero-order valence-corrected chi connectivity index (χ0v) is 9.89. The highest BCUT2D eigenvalue weighted by atomic mass is 15.5. The summed E-state index contributed by atoms with van der Waals surface area (Å²) in [5.41, 5.74) is 4.61. The van der Waals surface area contributed by atoms with Crippen molar-refractivity contribution in [3.63, 3.8) is 0 Å². The molecule has 0 aromatic carbocycles. The van der Waals surface area contributed by atoms with Gasteiger partial charge in [0.15, 0.2) is 0 Å². The van der Waals surface area contributed by atoms with E-state index in [2.05, 4.69) is 33.4 Å². The zero-order valence-electron chi connectivity index (χ0n) is 9.89. The van der Waals surface area contributed by atoms with Crippen molar-refractivity contribution in [2.75, 3.05) is 39.8 Å². The number of hydrazine groups is 1. The summed E-state index contributed by atoms with van der Waals surface area (Å²) >= 11 is 0. The van der Waals surface area contributed by atoms with Gasteiger partial charge in [-0.2, -0.15) is 0 Å². The van der Waals surface area contributed by atoms with E-state index in [9.17, 15) is 0 Å². The molecule has 4 nitrogen and oxygen atoms in total. The van der Waals surface area contributed by atoms with Crippen molar-refractivity contribution in [2.24, 2.45) is 0 Å². The molecule has 2 heterocycles. The second-order valence-electron chi connectivity index (χ2n) is 4.27. The first-order chi connectivity index (χ1) is 7.84. The van der Waals surface area contributed by atoms with E-state index in [1.807, 2.05) is 18.3 Å². The maximum absolute atomic E-state index is 4.31. The Kier molecular flexibility index (Phi) is 4.27. The van der Waals surface area contributed by atoms with Gasteiger partial charge in [-0.25, -0.2) is 5.01 Å². The molecule has 88 valence electrons. The minimum Gasteiger partial charge on any atom is -0.304 e. The predicted molar refractivity (Wildman–Crippen MR) is 65.0 cm³/mol. The largest absolute Gasteiger partial charge is 0.304 e. The third-order valence-electron chi connectivity index (χ3n) is 2.95. The first-order valence-corrected chi connectivity index (χ1v) is 5.91. The van der Waals surface area contributed by atoms with E-state index in [4.69, 9.17) is 0 Å². The molecule has 0 saturated carbocycles. The maximum atomic E-state index is 4.31. The topological polar surface area (TPSA) is 31.4 Å². The van der Waals surface area contributed by atoms with Gasteiger partial charge in [-0.1, -0.05) is 6.07 Å². The Morgan fingerprint density at radius 3 is 2.75 bits per heavy atom. The third kappa shape index (κ3) is 3.56. The van der Waals surface area contributed by atoms with E-state index in [1.54, 1.807) is 0 Å². The Labute approximate surface area is 97.2 Å². The van der Waals surface area contributed by atoms with Crippen LogP contribution in [0.15, 0.2) is 24.4 Å². The first kappa shape index (κ1) is 11.5. The van der Waals surface area contributed by atoms with Gasteiger partial charge in [-0.3, -0.25) is 10.4 Å². The minimum atomic E-state index is 0.973. The van der Waals surface area contributed by atoms with Crippen molar-refractivity contribution < 1.29 is 0 Å². The van der Waals surface area contributed by atoms with Gasteiger partial charge in [0.2, 0.25) is 0 Å². The number of pyridine rings is 1. The Balaban J connectivity index is 1.65. The lowest BCUT2D eigenvalue weighted by molar-refractivity contribution is 0.105. The summed E-state index contributed by atoms with van der Waals surface area (Å²) in [5.74, 6) is 0. The number of nitrogens with zero attached hydrogens (tertiary/aromatic N) is 3. The van der Waals surface area contributed by atoms with Gasteiger partial charge >= 0.3 is 0 Å². The highest BCUT2D eigenvalue weighted by Gasteiger charge is 2.12. The van der Waals surface area contributed by atoms with Crippen molar-refractivity contribution in [1.82, 2.24) is 20.3 Å². The second-order valence-corrected chi connectivity index (χ2v) is 4.27. The van der Waals surface area contributed by atoms with Crippen LogP contribution >= 0.6 is 0 Å². The second kappa shape index (κ2) is 5.94. The summed E-state index contributed by atoms with van der Waals surface area (Å²) in [4.78, 5) is 6.66. The summed E-state index contributed by atoms with van der Waals surface area (Å²) < 4.78 is 0. The number of nitrogens with one attached hydrogen (secondary N) is 1. The normalized spacial score (nSPS) is 18.8.